The molecule has 1 N–H and O–H groups in total. The largest absolute Gasteiger partial charge is 0.349 e. The lowest BCUT2D eigenvalue weighted by atomic mass is 9.78. The SMILES string of the molecule is CC1CCCC(NC(=O)c2ccccc2)C1C. The Morgan fingerprint density at radius 1 is 1.18 bits per heavy atom. The molecule has 0 spiro atoms. The van der Waals surface area contributed by atoms with Crippen LogP contribution in [-0.4, -0.2) is 11.9 Å². The summed E-state index contributed by atoms with van der Waals surface area (Å²) < 4.78 is 0. The van der Waals surface area contributed by atoms with Crippen molar-refractivity contribution < 1.29 is 4.79 Å². The molecule has 0 aliphatic heterocycles. The zero-order valence-electron chi connectivity index (χ0n) is 10.6. The monoisotopic (exact) mass is 231 g/mol. The first-order valence-corrected chi connectivity index (χ1v) is 6.54. The summed E-state index contributed by atoms with van der Waals surface area (Å²) in [5.41, 5.74) is 0.762. The Morgan fingerprint density at radius 3 is 2.59 bits per heavy atom. The maximum atomic E-state index is 12.1. The molecule has 0 saturated heterocycles. The number of hydrogen-bond acceptors (Lipinski definition) is 1. The second-order valence-corrected chi connectivity index (χ2v) is 5.21. The molecule has 92 valence electrons. The number of hydrogen-bond donors (Lipinski definition) is 1. The fraction of sp³-hybridized carbons (Fsp3) is 0.533. The molecule has 1 fully saturated rings. The molecule has 0 heterocycles. The lowest BCUT2D eigenvalue weighted by Crippen LogP contribution is -2.43. The van der Waals surface area contributed by atoms with Crippen LogP contribution in [0.3, 0.4) is 0 Å². The Morgan fingerprint density at radius 2 is 1.88 bits per heavy atom. The molecular weight excluding hydrogens is 210 g/mol. The Labute approximate surface area is 103 Å². The van der Waals surface area contributed by atoms with E-state index >= 15 is 0 Å². The van der Waals surface area contributed by atoms with Crippen LogP contribution in [0.1, 0.15) is 43.5 Å². The molecule has 1 aromatic rings. The summed E-state index contributed by atoms with van der Waals surface area (Å²) in [6.45, 7) is 4.53. The van der Waals surface area contributed by atoms with Gasteiger partial charge in [-0.25, -0.2) is 0 Å². The van der Waals surface area contributed by atoms with E-state index in [2.05, 4.69) is 19.2 Å². The fourth-order valence-corrected chi connectivity index (χ4v) is 2.63. The molecule has 0 bridgehead atoms. The van der Waals surface area contributed by atoms with Gasteiger partial charge in [-0.05, 0) is 30.4 Å². The van der Waals surface area contributed by atoms with Gasteiger partial charge >= 0.3 is 0 Å². The van der Waals surface area contributed by atoms with Crippen LogP contribution in [0.2, 0.25) is 0 Å². The highest BCUT2D eigenvalue weighted by Gasteiger charge is 2.28. The van der Waals surface area contributed by atoms with Gasteiger partial charge in [0.2, 0.25) is 0 Å². The average Bonchev–Trinajstić information content (AvgIpc) is 2.36. The quantitative estimate of drug-likeness (QED) is 0.831. The lowest BCUT2D eigenvalue weighted by Gasteiger charge is -2.34. The van der Waals surface area contributed by atoms with E-state index in [9.17, 15) is 4.79 Å². The van der Waals surface area contributed by atoms with Crippen molar-refractivity contribution in [1.29, 1.82) is 0 Å². The van der Waals surface area contributed by atoms with Crippen molar-refractivity contribution in [2.75, 3.05) is 0 Å². The van der Waals surface area contributed by atoms with E-state index in [4.69, 9.17) is 0 Å². The minimum absolute atomic E-state index is 0.0663. The summed E-state index contributed by atoms with van der Waals surface area (Å²) in [5, 5.41) is 3.18. The van der Waals surface area contributed by atoms with Crippen LogP contribution in [0.4, 0.5) is 0 Å². The number of carbonyl (C=O) groups excluding carboxylic acids is 1. The molecule has 1 aliphatic rings. The molecule has 1 saturated carbocycles. The van der Waals surface area contributed by atoms with Gasteiger partial charge in [0.1, 0.15) is 0 Å². The maximum Gasteiger partial charge on any atom is 0.251 e. The van der Waals surface area contributed by atoms with Gasteiger partial charge in [0.05, 0.1) is 0 Å². The second-order valence-electron chi connectivity index (χ2n) is 5.21. The number of benzene rings is 1. The van der Waals surface area contributed by atoms with Crippen molar-refractivity contribution in [2.24, 2.45) is 11.8 Å². The minimum Gasteiger partial charge on any atom is -0.349 e. The number of rotatable bonds is 2. The summed E-state index contributed by atoms with van der Waals surface area (Å²) in [6.07, 6.45) is 3.63. The second kappa shape index (κ2) is 5.35. The van der Waals surface area contributed by atoms with Crippen molar-refractivity contribution in [2.45, 2.75) is 39.2 Å². The normalized spacial score (nSPS) is 28.7. The van der Waals surface area contributed by atoms with Gasteiger partial charge in [0.25, 0.3) is 5.91 Å². The van der Waals surface area contributed by atoms with Gasteiger partial charge in [-0.15, -0.1) is 0 Å². The highest BCUT2D eigenvalue weighted by molar-refractivity contribution is 5.94. The molecule has 2 nitrogen and oxygen atoms in total. The molecule has 1 amide bonds. The van der Waals surface area contributed by atoms with E-state index in [1.54, 1.807) is 0 Å². The zero-order chi connectivity index (χ0) is 12.3. The average molecular weight is 231 g/mol. The third-order valence-corrected chi connectivity index (χ3v) is 4.06. The van der Waals surface area contributed by atoms with Crippen molar-refractivity contribution in [3.8, 4) is 0 Å². The Kier molecular flexibility index (Phi) is 3.82. The van der Waals surface area contributed by atoms with Crippen molar-refractivity contribution in [1.82, 2.24) is 5.32 Å². The molecule has 2 heteroatoms. The molecule has 3 atom stereocenters. The van der Waals surface area contributed by atoms with Crippen molar-refractivity contribution >= 4 is 5.91 Å². The molecule has 3 unspecified atom stereocenters. The summed E-state index contributed by atoms with van der Waals surface area (Å²) >= 11 is 0. The first kappa shape index (κ1) is 12.2. The van der Waals surface area contributed by atoms with Gasteiger partial charge in [-0.1, -0.05) is 44.9 Å². The zero-order valence-corrected chi connectivity index (χ0v) is 10.6. The van der Waals surface area contributed by atoms with E-state index < -0.39 is 0 Å². The molecule has 0 radical (unpaired) electrons. The topological polar surface area (TPSA) is 29.1 Å². The third-order valence-electron chi connectivity index (χ3n) is 4.06. The standard InChI is InChI=1S/C15H21NO/c1-11-7-6-10-14(12(11)2)16-15(17)13-8-4-3-5-9-13/h3-5,8-9,11-12,14H,6-7,10H2,1-2H3,(H,16,17). The molecule has 2 rings (SSSR count). The first-order valence-electron chi connectivity index (χ1n) is 6.54. The number of nitrogens with one attached hydrogen (secondary N) is 1. The number of carbonyl (C=O) groups is 1. The maximum absolute atomic E-state index is 12.1. The fourth-order valence-electron chi connectivity index (χ4n) is 2.63. The van der Waals surface area contributed by atoms with Crippen LogP contribution in [0.15, 0.2) is 30.3 Å². The summed E-state index contributed by atoms with van der Waals surface area (Å²) in [7, 11) is 0. The van der Waals surface area contributed by atoms with Crippen LogP contribution in [0.25, 0.3) is 0 Å². The molecule has 0 aromatic heterocycles. The van der Waals surface area contributed by atoms with Crippen LogP contribution < -0.4 is 5.32 Å². The van der Waals surface area contributed by atoms with E-state index in [-0.39, 0.29) is 5.91 Å². The predicted molar refractivity (Wildman–Crippen MR) is 69.9 cm³/mol. The van der Waals surface area contributed by atoms with Gasteiger partial charge in [0.15, 0.2) is 0 Å². The highest BCUT2D eigenvalue weighted by Crippen LogP contribution is 2.29. The van der Waals surface area contributed by atoms with Crippen molar-refractivity contribution in [3.63, 3.8) is 0 Å². The lowest BCUT2D eigenvalue weighted by molar-refractivity contribution is 0.0891. The van der Waals surface area contributed by atoms with Crippen LogP contribution in [0, 0.1) is 11.8 Å². The van der Waals surface area contributed by atoms with E-state index in [0.717, 1.165) is 12.0 Å². The molecule has 1 aliphatic carbocycles. The third kappa shape index (κ3) is 2.87. The predicted octanol–water partition coefficient (Wildman–Crippen LogP) is 3.24. The Hall–Kier alpha value is -1.31. The summed E-state index contributed by atoms with van der Waals surface area (Å²) in [4.78, 5) is 12.1. The van der Waals surface area contributed by atoms with Gasteiger partial charge < -0.3 is 5.32 Å². The minimum atomic E-state index is 0.0663. The highest BCUT2D eigenvalue weighted by atomic mass is 16.1. The van der Waals surface area contributed by atoms with Crippen LogP contribution in [-0.2, 0) is 0 Å². The van der Waals surface area contributed by atoms with Gasteiger partial charge in [-0.2, -0.15) is 0 Å². The summed E-state index contributed by atoms with van der Waals surface area (Å²) in [6, 6.07) is 9.82. The number of amides is 1. The Balaban J connectivity index is 1.99. The molecule has 17 heavy (non-hydrogen) atoms. The Bertz CT molecular complexity index is 374. The molecular formula is C15H21NO. The van der Waals surface area contributed by atoms with E-state index in [0.29, 0.717) is 17.9 Å². The van der Waals surface area contributed by atoms with Crippen LogP contribution >= 0.6 is 0 Å². The first-order chi connectivity index (χ1) is 8.18. The van der Waals surface area contributed by atoms with Crippen LogP contribution in [0.5, 0.6) is 0 Å². The smallest absolute Gasteiger partial charge is 0.251 e. The van der Waals surface area contributed by atoms with Gasteiger partial charge in [-0.3, -0.25) is 4.79 Å². The van der Waals surface area contributed by atoms with Crippen molar-refractivity contribution in [3.05, 3.63) is 35.9 Å². The van der Waals surface area contributed by atoms with E-state index in [1.807, 2.05) is 30.3 Å². The molecule has 1 aromatic carbocycles. The summed E-state index contributed by atoms with van der Waals surface area (Å²) in [5.74, 6) is 1.36. The van der Waals surface area contributed by atoms with Gasteiger partial charge in [0, 0.05) is 11.6 Å². The van der Waals surface area contributed by atoms with E-state index in [1.165, 1.54) is 12.8 Å².